The van der Waals surface area contributed by atoms with Crippen LogP contribution in [0.15, 0.2) is 118 Å². The highest BCUT2D eigenvalue weighted by Gasteiger charge is 2.29. The largest absolute Gasteiger partial charge is 0.491 e. The number of Topliss-reactive ketones (excluding diaryl/α,β-unsaturated/α-hetero) is 2. The van der Waals surface area contributed by atoms with Gasteiger partial charge in [0.05, 0.1) is 47.7 Å². The molecule has 0 saturated heterocycles. The van der Waals surface area contributed by atoms with Crippen LogP contribution in [0.1, 0.15) is 70.3 Å². The van der Waals surface area contributed by atoms with E-state index < -0.39 is 47.3 Å². The highest BCUT2D eigenvalue weighted by molar-refractivity contribution is 6.32. The number of amides is 4. The minimum atomic E-state index is -1.67. The first-order chi connectivity index (χ1) is 31.4. The van der Waals surface area contributed by atoms with E-state index in [9.17, 15) is 28.8 Å². The Morgan fingerprint density at radius 3 is 1.21 bits per heavy atom. The van der Waals surface area contributed by atoms with E-state index in [1.165, 1.54) is 62.8 Å². The van der Waals surface area contributed by atoms with Crippen LogP contribution in [0, 0.1) is 0 Å². The Kier molecular flexibility index (Phi) is 17.5. The second kappa shape index (κ2) is 22.9. The SMILES string of the molecule is COc1c(NC(=O)C(N=Nc2cc(Cl)cc(C(=O)Nc3ccccc3C(C)Cl)c2)C(C)=O)ccc(NC(=O)C(N=Nc2cc(Cl)cc(C(=O)Nc3ccccc3C(C)Cl)c2)C(C)=O)c1OC. The maximum Gasteiger partial charge on any atom is 0.258 e. The second-order valence-electron chi connectivity index (χ2n) is 14.4. The molecule has 0 aliphatic heterocycles. The Hall–Kier alpha value is -6.72. The third-order valence-electron chi connectivity index (χ3n) is 9.44. The number of rotatable bonds is 18. The zero-order valence-electron chi connectivity index (χ0n) is 36.1. The van der Waals surface area contributed by atoms with Crippen LogP contribution < -0.4 is 30.7 Å². The number of anilines is 4. The van der Waals surface area contributed by atoms with Crippen LogP contribution in [-0.4, -0.2) is 61.5 Å². The fourth-order valence-corrected chi connectivity index (χ4v) is 7.12. The van der Waals surface area contributed by atoms with Gasteiger partial charge in [-0.15, -0.1) is 23.2 Å². The Labute approximate surface area is 399 Å². The summed E-state index contributed by atoms with van der Waals surface area (Å²) in [5, 5.41) is 26.3. The van der Waals surface area contributed by atoms with Crippen molar-refractivity contribution in [3.63, 3.8) is 0 Å². The van der Waals surface area contributed by atoms with Crippen molar-refractivity contribution in [2.75, 3.05) is 35.5 Å². The number of hydrogen-bond acceptors (Lipinski definition) is 12. The summed E-state index contributed by atoms with van der Waals surface area (Å²) in [6.45, 7) is 5.82. The maximum atomic E-state index is 13.5. The molecule has 342 valence electrons. The zero-order chi connectivity index (χ0) is 48.2. The average Bonchev–Trinajstić information content (AvgIpc) is 3.26. The van der Waals surface area contributed by atoms with Crippen LogP contribution in [0.4, 0.5) is 34.1 Å². The summed E-state index contributed by atoms with van der Waals surface area (Å²) in [5.41, 5.74) is 2.83. The summed E-state index contributed by atoms with van der Waals surface area (Å²) in [4.78, 5) is 78.9. The highest BCUT2D eigenvalue weighted by atomic mass is 35.5. The van der Waals surface area contributed by atoms with Crippen molar-refractivity contribution in [1.29, 1.82) is 0 Å². The summed E-state index contributed by atoms with van der Waals surface area (Å²) >= 11 is 25.2. The monoisotopic (exact) mass is 974 g/mol. The third kappa shape index (κ3) is 13.0. The maximum absolute atomic E-state index is 13.5. The topological polar surface area (TPSA) is 218 Å². The molecule has 4 amide bonds. The Bertz CT molecular complexity index is 2560. The third-order valence-corrected chi connectivity index (χ3v) is 10.4. The first-order valence-corrected chi connectivity index (χ1v) is 21.4. The van der Waals surface area contributed by atoms with Crippen LogP contribution in [0.2, 0.25) is 10.0 Å². The predicted octanol–water partition coefficient (Wildman–Crippen LogP) is 11.5. The summed E-state index contributed by atoms with van der Waals surface area (Å²) in [6, 6.07) is 21.8. The van der Waals surface area contributed by atoms with E-state index in [0.29, 0.717) is 22.5 Å². The van der Waals surface area contributed by atoms with Gasteiger partial charge in [0.25, 0.3) is 23.6 Å². The molecule has 0 bridgehead atoms. The number of halogens is 4. The van der Waals surface area contributed by atoms with Gasteiger partial charge >= 0.3 is 0 Å². The lowest BCUT2D eigenvalue weighted by molar-refractivity contribution is -0.127. The van der Waals surface area contributed by atoms with E-state index in [2.05, 4.69) is 41.7 Å². The van der Waals surface area contributed by atoms with Crippen molar-refractivity contribution in [2.45, 2.75) is 50.5 Å². The van der Waals surface area contributed by atoms with Gasteiger partial charge in [-0.1, -0.05) is 59.6 Å². The normalized spacial score (nSPS) is 13.0. The number of ether oxygens (including phenoxy) is 2. The van der Waals surface area contributed by atoms with Crippen molar-refractivity contribution >= 4 is 116 Å². The van der Waals surface area contributed by atoms with Gasteiger partial charge in [0.1, 0.15) is 0 Å². The number of carbonyl (C=O) groups excluding carboxylic acids is 6. The quantitative estimate of drug-likeness (QED) is 0.0375. The molecular formula is C46H42Cl4N8O8. The van der Waals surface area contributed by atoms with E-state index >= 15 is 0 Å². The van der Waals surface area contributed by atoms with E-state index in [1.54, 1.807) is 62.4 Å². The van der Waals surface area contributed by atoms with Crippen molar-refractivity contribution in [3.05, 3.63) is 129 Å². The molecule has 0 aromatic heterocycles. The van der Waals surface area contributed by atoms with Crippen molar-refractivity contribution in [1.82, 2.24) is 0 Å². The molecule has 66 heavy (non-hydrogen) atoms. The van der Waals surface area contributed by atoms with E-state index in [1.807, 2.05) is 0 Å². The summed E-state index contributed by atoms with van der Waals surface area (Å²) in [7, 11) is 2.54. The minimum Gasteiger partial charge on any atom is -0.491 e. The van der Waals surface area contributed by atoms with Gasteiger partial charge in [-0.2, -0.15) is 20.5 Å². The molecule has 0 spiro atoms. The zero-order valence-corrected chi connectivity index (χ0v) is 39.1. The fraction of sp³-hybridized carbons (Fsp3) is 0.217. The summed E-state index contributed by atoms with van der Waals surface area (Å²) in [5.74, 6) is -4.37. The van der Waals surface area contributed by atoms with Gasteiger partial charge < -0.3 is 30.7 Å². The molecule has 0 radical (unpaired) electrons. The van der Waals surface area contributed by atoms with Gasteiger partial charge in [-0.05, 0) is 99.5 Å². The number of nitrogens with zero attached hydrogens (tertiary/aromatic N) is 4. The lowest BCUT2D eigenvalue weighted by Crippen LogP contribution is -2.32. The van der Waals surface area contributed by atoms with Crippen molar-refractivity contribution in [2.24, 2.45) is 20.5 Å². The highest BCUT2D eigenvalue weighted by Crippen LogP contribution is 2.42. The first kappa shape index (κ1) is 50.3. The van der Waals surface area contributed by atoms with E-state index in [4.69, 9.17) is 55.9 Å². The van der Waals surface area contributed by atoms with E-state index in [0.717, 1.165) is 13.8 Å². The molecule has 5 aromatic rings. The van der Waals surface area contributed by atoms with Crippen LogP contribution in [0.25, 0.3) is 0 Å². The molecule has 0 heterocycles. The number of azo groups is 2. The van der Waals surface area contributed by atoms with Crippen molar-refractivity contribution < 1.29 is 38.2 Å². The molecule has 5 rings (SSSR count). The number of nitrogens with one attached hydrogen (secondary N) is 4. The first-order valence-electron chi connectivity index (χ1n) is 19.8. The molecule has 0 saturated carbocycles. The van der Waals surface area contributed by atoms with Crippen LogP contribution in [0.5, 0.6) is 11.5 Å². The van der Waals surface area contributed by atoms with Crippen LogP contribution in [0.3, 0.4) is 0 Å². The lowest BCUT2D eigenvalue weighted by Gasteiger charge is -2.19. The van der Waals surface area contributed by atoms with Gasteiger partial charge in [0.15, 0.2) is 23.1 Å². The Balaban J connectivity index is 1.31. The average molecular weight is 977 g/mol. The van der Waals surface area contributed by atoms with Crippen molar-refractivity contribution in [3.8, 4) is 11.5 Å². The molecule has 4 unspecified atom stereocenters. The second-order valence-corrected chi connectivity index (χ2v) is 16.6. The van der Waals surface area contributed by atoms with Crippen LogP contribution >= 0.6 is 46.4 Å². The smallest absolute Gasteiger partial charge is 0.258 e. The van der Waals surface area contributed by atoms with Gasteiger partial charge in [-0.25, -0.2) is 0 Å². The number of benzene rings is 5. The number of hydrogen-bond donors (Lipinski definition) is 4. The van der Waals surface area contributed by atoms with Crippen LogP contribution in [-0.2, 0) is 19.2 Å². The van der Waals surface area contributed by atoms with Gasteiger partial charge in [0.2, 0.25) is 12.1 Å². The molecule has 20 heteroatoms. The van der Waals surface area contributed by atoms with Gasteiger partial charge in [0, 0.05) is 32.5 Å². The molecule has 4 atom stereocenters. The molecule has 0 fully saturated rings. The molecule has 4 N–H and O–H groups in total. The number of alkyl halides is 2. The molecule has 16 nitrogen and oxygen atoms in total. The number of ketones is 2. The number of para-hydroxylation sites is 2. The molecule has 0 aliphatic rings. The Morgan fingerprint density at radius 1 is 0.515 bits per heavy atom. The molecule has 5 aromatic carbocycles. The fourth-order valence-electron chi connectivity index (χ4n) is 6.28. The Morgan fingerprint density at radius 2 is 0.879 bits per heavy atom. The summed E-state index contributed by atoms with van der Waals surface area (Å²) < 4.78 is 11.1. The number of methoxy groups -OCH3 is 2. The van der Waals surface area contributed by atoms with E-state index in [-0.39, 0.29) is 66.2 Å². The lowest BCUT2D eigenvalue weighted by atomic mass is 10.1. The minimum absolute atomic E-state index is 0.0105. The number of carbonyl (C=O) groups is 6. The standard InChI is InChI=1S/C46H42Cl4N8O8/c1-23(47)33-11-7-9-13-35(33)51-43(61)27-17-29(49)21-31(19-27)55-57-39(25(3)59)45(63)53-37-15-16-38(42(66-6)41(37)65-5)54-46(64)40(26(4)60)58-56-32-20-28(18-30(50)22-32)44(62)52-36-14-10-8-12-34(36)24(2)48/h7-24,39-40H,1-6H3,(H,51,61)(H,52,62)(H,53,63)(H,54,64). The van der Waals surface area contributed by atoms with Gasteiger partial charge in [-0.3, -0.25) is 28.8 Å². The predicted molar refractivity (Wildman–Crippen MR) is 255 cm³/mol. The summed E-state index contributed by atoms with van der Waals surface area (Å²) in [6.07, 6.45) is 0. The molecular weight excluding hydrogens is 934 g/mol. The molecule has 0 aliphatic carbocycles.